The van der Waals surface area contributed by atoms with Gasteiger partial charge in [0.1, 0.15) is 11.0 Å². The van der Waals surface area contributed by atoms with Gasteiger partial charge in [-0.3, -0.25) is 4.79 Å². The van der Waals surface area contributed by atoms with Crippen LogP contribution in [0.1, 0.15) is 42.7 Å². The third-order valence-corrected chi connectivity index (χ3v) is 6.31. The fraction of sp³-hybridized carbons (Fsp3) is 0.455. The first kappa shape index (κ1) is 21.6. The molecule has 3 amide bonds. The van der Waals surface area contributed by atoms with Crippen LogP contribution in [0.3, 0.4) is 0 Å². The second-order valence-corrected chi connectivity index (χ2v) is 9.04. The second kappa shape index (κ2) is 8.16. The molecule has 0 radical (unpaired) electrons. The minimum absolute atomic E-state index is 0.0204. The normalized spacial score (nSPS) is 20.3. The lowest BCUT2D eigenvalue weighted by Gasteiger charge is -2.37. The van der Waals surface area contributed by atoms with Crippen LogP contribution < -0.4 is 11.1 Å². The van der Waals surface area contributed by atoms with Crippen LogP contribution in [-0.2, 0) is 17.8 Å². The molecule has 4 rings (SSSR count). The van der Waals surface area contributed by atoms with Crippen molar-refractivity contribution in [3.05, 3.63) is 46.5 Å². The Morgan fingerprint density at radius 2 is 2.10 bits per heavy atom. The molecule has 0 spiro atoms. The zero-order valence-electron chi connectivity index (χ0n) is 17.6. The maximum atomic E-state index is 13.8. The number of urea groups is 1. The van der Waals surface area contributed by atoms with Gasteiger partial charge in [-0.1, -0.05) is 23.7 Å². The molecular formula is C22H26ClFN4O3. The Labute approximate surface area is 185 Å². The molecular weight excluding hydrogens is 423 g/mol. The number of amides is 3. The van der Waals surface area contributed by atoms with Gasteiger partial charge in [0.15, 0.2) is 0 Å². The Bertz CT molecular complexity index is 1040. The van der Waals surface area contributed by atoms with E-state index >= 15 is 0 Å². The molecule has 1 fully saturated rings. The van der Waals surface area contributed by atoms with Crippen molar-refractivity contribution in [2.75, 3.05) is 13.2 Å². The number of nitrogens with two attached hydrogens (primary N) is 1. The van der Waals surface area contributed by atoms with E-state index in [1.807, 2.05) is 13.8 Å². The Balaban J connectivity index is 1.61. The number of benzene rings is 1. The van der Waals surface area contributed by atoms with Crippen molar-refractivity contribution in [3.8, 4) is 11.1 Å². The van der Waals surface area contributed by atoms with Crippen molar-refractivity contribution >= 4 is 23.5 Å². The molecule has 1 aromatic heterocycles. The van der Waals surface area contributed by atoms with E-state index in [9.17, 15) is 14.0 Å². The number of nitrogens with zero attached hydrogens (tertiary/aromatic N) is 2. The van der Waals surface area contributed by atoms with Crippen LogP contribution in [0.4, 0.5) is 9.18 Å². The van der Waals surface area contributed by atoms with Gasteiger partial charge in [-0.25, -0.2) is 9.18 Å². The number of halogens is 2. The van der Waals surface area contributed by atoms with E-state index in [1.54, 1.807) is 21.6 Å². The molecule has 31 heavy (non-hydrogen) atoms. The molecule has 3 heterocycles. The van der Waals surface area contributed by atoms with E-state index < -0.39 is 11.7 Å². The average Bonchev–Trinajstić information content (AvgIpc) is 2.99. The summed E-state index contributed by atoms with van der Waals surface area (Å²) >= 11 is 6.59. The molecule has 1 saturated heterocycles. The summed E-state index contributed by atoms with van der Waals surface area (Å²) in [5.41, 5.74) is 7.07. The molecule has 2 aliphatic heterocycles. The number of ether oxygens (including phenoxy) is 1. The van der Waals surface area contributed by atoms with Gasteiger partial charge in [0, 0.05) is 31.3 Å². The van der Waals surface area contributed by atoms with Gasteiger partial charge in [-0.05, 0) is 44.4 Å². The van der Waals surface area contributed by atoms with Gasteiger partial charge < -0.3 is 25.3 Å². The first-order valence-electron chi connectivity index (χ1n) is 10.3. The highest BCUT2D eigenvalue weighted by molar-refractivity contribution is 6.33. The zero-order chi connectivity index (χ0) is 22.3. The third kappa shape index (κ3) is 4.27. The average molecular weight is 449 g/mol. The number of primary amides is 1. The maximum absolute atomic E-state index is 13.8. The van der Waals surface area contributed by atoms with Crippen LogP contribution in [0, 0.1) is 5.82 Å². The third-order valence-electron chi connectivity index (χ3n) is 5.91. The molecule has 0 saturated carbocycles. The van der Waals surface area contributed by atoms with E-state index in [2.05, 4.69) is 5.32 Å². The Morgan fingerprint density at radius 1 is 1.32 bits per heavy atom. The summed E-state index contributed by atoms with van der Waals surface area (Å²) in [5, 5.41) is 3.40. The number of hydrogen-bond acceptors (Lipinski definition) is 3. The minimum Gasteiger partial charge on any atom is -0.375 e. The quantitative estimate of drug-likeness (QED) is 0.752. The lowest BCUT2D eigenvalue weighted by molar-refractivity contribution is -0.0616. The molecule has 1 aromatic carbocycles. The number of nitrogens with one attached hydrogen (secondary N) is 1. The molecule has 1 unspecified atom stereocenters. The van der Waals surface area contributed by atoms with Crippen LogP contribution in [0.5, 0.6) is 0 Å². The summed E-state index contributed by atoms with van der Waals surface area (Å²) in [7, 11) is 0. The highest BCUT2D eigenvalue weighted by Crippen LogP contribution is 2.38. The van der Waals surface area contributed by atoms with Crippen LogP contribution in [0.15, 0.2) is 24.3 Å². The Morgan fingerprint density at radius 3 is 2.77 bits per heavy atom. The summed E-state index contributed by atoms with van der Waals surface area (Å²) in [5.74, 6) is -1.10. The second-order valence-electron chi connectivity index (χ2n) is 8.68. The van der Waals surface area contributed by atoms with E-state index in [0.717, 1.165) is 12.8 Å². The van der Waals surface area contributed by atoms with Gasteiger partial charge in [-0.15, -0.1) is 0 Å². The number of carbonyl (C=O) groups excluding carboxylic acids is 2. The lowest BCUT2D eigenvalue weighted by Crippen LogP contribution is -2.51. The van der Waals surface area contributed by atoms with Gasteiger partial charge in [0.2, 0.25) is 0 Å². The van der Waals surface area contributed by atoms with Gasteiger partial charge in [-0.2, -0.15) is 0 Å². The molecule has 3 N–H and O–H groups in total. The predicted octanol–water partition coefficient (Wildman–Crippen LogP) is 3.53. The van der Waals surface area contributed by atoms with Crippen molar-refractivity contribution in [1.82, 2.24) is 14.8 Å². The molecule has 2 aliphatic rings. The molecule has 2 aromatic rings. The number of carbonyl (C=O) groups is 2. The topological polar surface area (TPSA) is 89.6 Å². The summed E-state index contributed by atoms with van der Waals surface area (Å²) in [6.45, 7) is 5.64. The summed E-state index contributed by atoms with van der Waals surface area (Å²) in [6.07, 6.45) is 1.48. The van der Waals surface area contributed by atoms with E-state index in [4.69, 9.17) is 22.1 Å². The zero-order valence-corrected chi connectivity index (χ0v) is 18.3. The fourth-order valence-corrected chi connectivity index (χ4v) is 4.87. The number of hydrogen-bond donors (Lipinski definition) is 2. The first-order chi connectivity index (χ1) is 14.7. The molecule has 1 atom stereocenters. The van der Waals surface area contributed by atoms with E-state index in [1.165, 1.54) is 12.1 Å². The summed E-state index contributed by atoms with van der Waals surface area (Å²) in [4.78, 5) is 26.9. The SMILES string of the molecule is CC1(C)CC(NC(=O)N2CCn3c(Cl)c(-c4cccc(F)c4)c(C(N)=O)c3C2)CCO1. The fourth-order valence-electron chi connectivity index (χ4n) is 4.48. The number of aromatic nitrogens is 1. The molecule has 0 bridgehead atoms. The summed E-state index contributed by atoms with van der Waals surface area (Å²) < 4.78 is 21.3. The van der Waals surface area contributed by atoms with Crippen LogP contribution in [0.25, 0.3) is 11.1 Å². The molecule has 9 heteroatoms. The largest absolute Gasteiger partial charge is 0.375 e. The lowest BCUT2D eigenvalue weighted by atomic mass is 9.94. The van der Waals surface area contributed by atoms with Gasteiger partial charge in [0.25, 0.3) is 5.91 Å². The van der Waals surface area contributed by atoms with E-state index in [0.29, 0.717) is 41.7 Å². The number of fused-ring (bicyclic) bond motifs is 1. The molecule has 166 valence electrons. The van der Waals surface area contributed by atoms with Crippen molar-refractivity contribution in [2.45, 2.75) is 51.4 Å². The van der Waals surface area contributed by atoms with Crippen molar-refractivity contribution in [2.24, 2.45) is 5.73 Å². The Kier molecular flexibility index (Phi) is 5.70. The monoisotopic (exact) mass is 448 g/mol. The highest BCUT2D eigenvalue weighted by Gasteiger charge is 2.34. The minimum atomic E-state index is -0.664. The maximum Gasteiger partial charge on any atom is 0.318 e. The standard InChI is InChI=1S/C22H26ClFN4O3/c1-22(2)11-15(6-9-31-22)26-21(30)27-7-8-28-16(12-27)18(20(25)29)17(19(28)23)13-4-3-5-14(24)10-13/h3-5,10,15H,6-9,11-12H2,1-2H3,(H2,25,29)(H,26,30). The van der Waals surface area contributed by atoms with Gasteiger partial charge >= 0.3 is 6.03 Å². The smallest absolute Gasteiger partial charge is 0.318 e. The van der Waals surface area contributed by atoms with Crippen molar-refractivity contribution in [3.63, 3.8) is 0 Å². The summed E-state index contributed by atoms with van der Waals surface area (Å²) in [6, 6.07) is 5.69. The van der Waals surface area contributed by atoms with E-state index in [-0.39, 0.29) is 29.8 Å². The van der Waals surface area contributed by atoms with Crippen molar-refractivity contribution in [1.29, 1.82) is 0 Å². The molecule has 7 nitrogen and oxygen atoms in total. The van der Waals surface area contributed by atoms with Gasteiger partial charge in [0.05, 0.1) is 23.4 Å². The Hall–Kier alpha value is -2.58. The first-order valence-corrected chi connectivity index (χ1v) is 10.7. The molecule has 0 aliphatic carbocycles. The van der Waals surface area contributed by atoms with Crippen LogP contribution >= 0.6 is 11.6 Å². The number of rotatable bonds is 3. The van der Waals surface area contributed by atoms with Crippen LogP contribution in [-0.4, -0.2) is 46.2 Å². The highest BCUT2D eigenvalue weighted by atomic mass is 35.5. The predicted molar refractivity (Wildman–Crippen MR) is 115 cm³/mol. The van der Waals surface area contributed by atoms with Crippen LogP contribution in [0.2, 0.25) is 5.15 Å². The van der Waals surface area contributed by atoms with Crippen molar-refractivity contribution < 1.29 is 18.7 Å².